The van der Waals surface area contributed by atoms with Crippen LogP contribution in [-0.2, 0) is 16.1 Å². The number of carboxylic acids is 1. The van der Waals surface area contributed by atoms with Gasteiger partial charge in [0.1, 0.15) is 11.9 Å². The summed E-state index contributed by atoms with van der Waals surface area (Å²) in [7, 11) is 1.45. The fourth-order valence-electron chi connectivity index (χ4n) is 1.60. The molecule has 8 heteroatoms. The number of halogens is 1. The molecule has 0 bridgehead atoms. The van der Waals surface area contributed by atoms with Gasteiger partial charge >= 0.3 is 12.0 Å². The Morgan fingerprint density at radius 2 is 1.90 bits per heavy atom. The molecule has 114 valence electrons. The van der Waals surface area contributed by atoms with Crippen molar-refractivity contribution < 1.29 is 23.9 Å². The summed E-state index contributed by atoms with van der Waals surface area (Å²) in [5.41, 5.74) is 5.59. The molecule has 3 amide bonds. The number of nitrogens with two attached hydrogens (primary N) is 1. The van der Waals surface area contributed by atoms with Crippen LogP contribution in [-0.4, -0.2) is 41.0 Å². The minimum atomic E-state index is -1.38. The molecule has 0 saturated heterocycles. The number of hydrogen-bond acceptors (Lipinski definition) is 3. The molecule has 4 N–H and O–H groups in total. The molecule has 1 atom stereocenters. The fourth-order valence-corrected chi connectivity index (χ4v) is 1.60. The number of carbonyl (C=O) groups is 3. The van der Waals surface area contributed by atoms with Crippen LogP contribution in [0.25, 0.3) is 0 Å². The van der Waals surface area contributed by atoms with Crippen LogP contribution in [0.4, 0.5) is 9.18 Å². The molecular weight excluding hydrogens is 281 g/mol. The van der Waals surface area contributed by atoms with Crippen molar-refractivity contribution in [2.24, 2.45) is 5.73 Å². The zero-order valence-corrected chi connectivity index (χ0v) is 11.4. The summed E-state index contributed by atoms with van der Waals surface area (Å²) in [6, 6.07) is 3.48. The van der Waals surface area contributed by atoms with Crippen LogP contribution in [0.15, 0.2) is 24.3 Å². The summed E-state index contributed by atoms with van der Waals surface area (Å²) in [4.78, 5) is 34.7. The molecule has 0 aliphatic heterocycles. The lowest BCUT2D eigenvalue weighted by molar-refractivity contribution is -0.140. The largest absolute Gasteiger partial charge is 0.480 e. The smallest absolute Gasteiger partial charge is 0.326 e. The van der Waals surface area contributed by atoms with Crippen LogP contribution < -0.4 is 11.1 Å². The number of benzene rings is 1. The summed E-state index contributed by atoms with van der Waals surface area (Å²) in [5.74, 6) is -2.57. The Morgan fingerprint density at radius 1 is 1.33 bits per heavy atom. The van der Waals surface area contributed by atoms with E-state index < -0.39 is 36.2 Å². The van der Waals surface area contributed by atoms with E-state index in [1.165, 1.54) is 36.2 Å². The first-order chi connectivity index (χ1) is 9.79. The highest BCUT2D eigenvalue weighted by molar-refractivity contribution is 5.87. The van der Waals surface area contributed by atoms with Gasteiger partial charge in [-0.2, -0.15) is 0 Å². The van der Waals surface area contributed by atoms with Crippen molar-refractivity contribution in [2.45, 2.75) is 19.0 Å². The predicted octanol–water partition coefficient (Wildman–Crippen LogP) is 0.296. The van der Waals surface area contributed by atoms with Gasteiger partial charge in [-0.1, -0.05) is 12.1 Å². The van der Waals surface area contributed by atoms with Crippen molar-refractivity contribution in [3.05, 3.63) is 35.6 Å². The van der Waals surface area contributed by atoms with Gasteiger partial charge in [-0.3, -0.25) is 4.79 Å². The van der Waals surface area contributed by atoms with E-state index in [9.17, 15) is 18.8 Å². The van der Waals surface area contributed by atoms with E-state index in [-0.39, 0.29) is 6.54 Å². The van der Waals surface area contributed by atoms with E-state index in [4.69, 9.17) is 10.8 Å². The first kappa shape index (κ1) is 16.4. The van der Waals surface area contributed by atoms with Crippen LogP contribution in [0.3, 0.4) is 0 Å². The van der Waals surface area contributed by atoms with E-state index in [0.29, 0.717) is 5.56 Å². The van der Waals surface area contributed by atoms with Gasteiger partial charge < -0.3 is 21.1 Å². The van der Waals surface area contributed by atoms with E-state index >= 15 is 0 Å². The molecule has 0 aromatic heterocycles. The van der Waals surface area contributed by atoms with Crippen molar-refractivity contribution in [1.82, 2.24) is 10.2 Å². The molecule has 1 aromatic rings. The first-order valence-electron chi connectivity index (χ1n) is 6.06. The zero-order valence-electron chi connectivity index (χ0n) is 11.4. The number of urea groups is 1. The minimum absolute atomic E-state index is 0.162. The van der Waals surface area contributed by atoms with Crippen LogP contribution in [0.5, 0.6) is 0 Å². The Kier molecular flexibility index (Phi) is 5.65. The molecule has 0 fully saturated rings. The quantitative estimate of drug-likeness (QED) is 0.700. The van der Waals surface area contributed by atoms with Crippen molar-refractivity contribution >= 4 is 17.9 Å². The minimum Gasteiger partial charge on any atom is -0.480 e. The van der Waals surface area contributed by atoms with Crippen molar-refractivity contribution in [3.63, 3.8) is 0 Å². The van der Waals surface area contributed by atoms with Gasteiger partial charge in [0.2, 0.25) is 5.91 Å². The average Bonchev–Trinajstić information content (AvgIpc) is 2.39. The van der Waals surface area contributed by atoms with Gasteiger partial charge in [-0.25, -0.2) is 14.0 Å². The maximum atomic E-state index is 12.8. The third kappa shape index (κ3) is 5.47. The molecule has 1 aromatic carbocycles. The van der Waals surface area contributed by atoms with Crippen LogP contribution in [0, 0.1) is 5.82 Å². The standard InChI is InChI=1S/C13H16FN3O4/c1-17(7-8-2-4-9(14)5-3-8)13(21)16-10(12(19)20)6-11(15)18/h2-5,10H,6-7H2,1H3,(H2,15,18)(H,16,21)(H,19,20)/t10-/m0/s1. The Balaban J connectivity index is 2.62. The summed E-state index contributed by atoms with van der Waals surface area (Å²) < 4.78 is 12.8. The number of carbonyl (C=O) groups excluding carboxylic acids is 2. The molecule has 1 rings (SSSR count). The number of hydrogen-bond donors (Lipinski definition) is 3. The maximum absolute atomic E-state index is 12.8. The van der Waals surface area contributed by atoms with Gasteiger partial charge in [-0.05, 0) is 17.7 Å². The molecular formula is C13H16FN3O4. The van der Waals surface area contributed by atoms with Crippen LogP contribution in [0.2, 0.25) is 0 Å². The summed E-state index contributed by atoms with van der Waals surface area (Å²) >= 11 is 0. The summed E-state index contributed by atoms with van der Waals surface area (Å²) in [6.07, 6.45) is -0.495. The topological polar surface area (TPSA) is 113 Å². The average molecular weight is 297 g/mol. The number of rotatable bonds is 6. The number of amides is 3. The zero-order chi connectivity index (χ0) is 16.0. The Hall–Kier alpha value is -2.64. The molecule has 0 radical (unpaired) electrons. The summed E-state index contributed by atoms with van der Waals surface area (Å²) in [6.45, 7) is 0.162. The highest BCUT2D eigenvalue weighted by Gasteiger charge is 2.23. The van der Waals surface area contributed by atoms with E-state index in [1.54, 1.807) is 0 Å². The van der Waals surface area contributed by atoms with Crippen LogP contribution in [0.1, 0.15) is 12.0 Å². The lowest BCUT2D eigenvalue weighted by Gasteiger charge is -2.21. The molecule has 0 unspecified atom stereocenters. The maximum Gasteiger partial charge on any atom is 0.326 e. The van der Waals surface area contributed by atoms with Gasteiger partial charge in [0, 0.05) is 13.6 Å². The predicted molar refractivity (Wildman–Crippen MR) is 71.6 cm³/mol. The molecule has 0 aliphatic carbocycles. The van der Waals surface area contributed by atoms with Crippen molar-refractivity contribution in [2.75, 3.05) is 7.05 Å². The number of nitrogens with one attached hydrogen (secondary N) is 1. The molecule has 0 spiro atoms. The van der Waals surface area contributed by atoms with E-state index in [2.05, 4.69) is 5.32 Å². The second-order valence-corrected chi connectivity index (χ2v) is 4.49. The second-order valence-electron chi connectivity index (χ2n) is 4.49. The Labute approximate surface area is 120 Å². The van der Waals surface area contributed by atoms with Crippen LogP contribution >= 0.6 is 0 Å². The molecule has 7 nitrogen and oxygen atoms in total. The van der Waals surface area contributed by atoms with Gasteiger partial charge in [0.05, 0.1) is 6.42 Å². The number of primary amides is 1. The summed E-state index contributed by atoms with van der Waals surface area (Å²) in [5, 5.41) is 11.1. The normalized spacial score (nSPS) is 11.5. The SMILES string of the molecule is CN(Cc1ccc(F)cc1)C(=O)N[C@@H](CC(N)=O)C(=O)O. The highest BCUT2D eigenvalue weighted by Crippen LogP contribution is 2.06. The van der Waals surface area contributed by atoms with Crippen molar-refractivity contribution in [1.29, 1.82) is 0 Å². The monoisotopic (exact) mass is 297 g/mol. The number of carboxylic acid groups (broad SMARTS) is 1. The Bertz CT molecular complexity index is 533. The molecule has 0 saturated carbocycles. The second kappa shape index (κ2) is 7.22. The van der Waals surface area contributed by atoms with Gasteiger partial charge in [-0.15, -0.1) is 0 Å². The lowest BCUT2D eigenvalue weighted by atomic mass is 10.2. The Morgan fingerprint density at radius 3 is 2.38 bits per heavy atom. The lowest BCUT2D eigenvalue weighted by Crippen LogP contribution is -2.48. The van der Waals surface area contributed by atoms with E-state index in [0.717, 1.165) is 0 Å². The van der Waals surface area contributed by atoms with Gasteiger partial charge in [0.15, 0.2) is 0 Å². The van der Waals surface area contributed by atoms with E-state index in [1.807, 2.05) is 0 Å². The third-order valence-electron chi connectivity index (χ3n) is 2.68. The molecule has 21 heavy (non-hydrogen) atoms. The highest BCUT2D eigenvalue weighted by atomic mass is 19.1. The number of aliphatic carboxylic acids is 1. The molecule has 0 heterocycles. The van der Waals surface area contributed by atoms with Gasteiger partial charge in [0.25, 0.3) is 0 Å². The van der Waals surface area contributed by atoms with Crippen molar-refractivity contribution in [3.8, 4) is 0 Å². The first-order valence-corrected chi connectivity index (χ1v) is 6.06. The molecule has 0 aliphatic rings. The number of nitrogens with zero attached hydrogens (tertiary/aromatic N) is 1. The third-order valence-corrected chi connectivity index (χ3v) is 2.68. The fraction of sp³-hybridized carbons (Fsp3) is 0.308.